The van der Waals surface area contributed by atoms with E-state index in [0.717, 1.165) is 25.7 Å². The van der Waals surface area contributed by atoms with Crippen LogP contribution in [0.2, 0.25) is 0 Å². The Morgan fingerprint density at radius 3 is 2.46 bits per heavy atom. The first-order valence-electron chi connectivity index (χ1n) is 9.28. The molecule has 0 spiro atoms. The summed E-state index contributed by atoms with van der Waals surface area (Å²) in [6, 6.07) is 0. The van der Waals surface area contributed by atoms with Crippen molar-refractivity contribution in [2.75, 3.05) is 7.11 Å². The molecule has 138 valence electrons. The van der Waals surface area contributed by atoms with Crippen molar-refractivity contribution < 1.29 is 24.2 Å². The van der Waals surface area contributed by atoms with Crippen molar-refractivity contribution in [1.29, 1.82) is 0 Å². The maximum atomic E-state index is 12.1. The highest BCUT2D eigenvalue weighted by Gasteiger charge is 2.40. The second kappa shape index (κ2) is 11.3. The van der Waals surface area contributed by atoms with E-state index in [0.29, 0.717) is 38.5 Å². The van der Waals surface area contributed by atoms with Crippen molar-refractivity contribution in [2.45, 2.75) is 83.7 Å². The van der Waals surface area contributed by atoms with Crippen LogP contribution in [-0.4, -0.2) is 35.9 Å². The molecule has 5 heteroatoms. The minimum absolute atomic E-state index is 0.101. The fourth-order valence-electron chi connectivity index (χ4n) is 3.54. The van der Waals surface area contributed by atoms with E-state index < -0.39 is 6.10 Å². The number of ketones is 2. The first kappa shape index (κ1) is 20.8. The average Bonchev–Trinajstić information content (AvgIpc) is 2.82. The molecule has 0 aliphatic heterocycles. The lowest BCUT2D eigenvalue weighted by Gasteiger charge is -2.20. The summed E-state index contributed by atoms with van der Waals surface area (Å²) in [5, 5.41) is 10.1. The molecular formula is C19H32O5. The minimum atomic E-state index is -0.619. The van der Waals surface area contributed by atoms with Gasteiger partial charge in [0.05, 0.1) is 13.2 Å². The van der Waals surface area contributed by atoms with Gasteiger partial charge in [-0.15, -0.1) is 0 Å². The van der Waals surface area contributed by atoms with Gasteiger partial charge < -0.3 is 9.84 Å². The van der Waals surface area contributed by atoms with Gasteiger partial charge in [-0.25, -0.2) is 0 Å². The number of rotatable bonds is 12. The van der Waals surface area contributed by atoms with Crippen molar-refractivity contribution >= 4 is 17.5 Å². The highest BCUT2D eigenvalue weighted by atomic mass is 16.5. The standard InChI is InChI=1S/C19H32O5/c1-3-4-5-8-14(20)11-12-16-15(17(21)13-18(16)22)9-6-7-10-19(23)24-2/h15-16,18,22H,3-13H2,1-2H3/t15-,16-,18-/m1/s1. The fraction of sp³-hybridized carbons (Fsp3) is 0.842. The van der Waals surface area contributed by atoms with Gasteiger partial charge in [0.2, 0.25) is 0 Å². The van der Waals surface area contributed by atoms with Crippen molar-refractivity contribution in [2.24, 2.45) is 11.8 Å². The Balaban J connectivity index is 2.37. The molecule has 1 N–H and O–H groups in total. The van der Waals surface area contributed by atoms with Crippen molar-refractivity contribution in [3.8, 4) is 0 Å². The number of carbonyl (C=O) groups excluding carboxylic acids is 3. The van der Waals surface area contributed by atoms with Crippen LogP contribution < -0.4 is 0 Å². The lowest BCUT2D eigenvalue weighted by atomic mass is 9.85. The third-order valence-electron chi connectivity index (χ3n) is 5.02. The molecule has 1 saturated carbocycles. The quantitative estimate of drug-likeness (QED) is 0.436. The van der Waals surface area contributed by atoms with Gasteiger partial charge in [-0.2, -0.15) is 0 Å². The van der Waals surface area contributed by atoms with Crippen LogP contribution in [0.25, 0.3) is 0 Å². The molecule has 0 aromatic heterocycles. The van der Waals surface area contributed by atoms with Gasteiger partial charge in [0.25, 0.3) is 0 Å². The first-order valence-corrected chi connectivity index (χ1v) is 9.28. The maximum Gasteiger partial charge on any atom is 0.305 e. The normalized spacial score (nSPS) is 23.5. The van der Waals surface area contributed by atoms with E-state index >= 15 is 0 Å². The molecule has 0 amide bonds. The van der Waals surface area contributed by atoms with Crippen molar-refractivity contribution in [3.05, 3.63) is 0 Å². The number of hydrogen-bond acceptors (Lipinski definition) is 5. The second-order valence-corrected chi connectivity index (χ2v) is 6.86. The molecular weight excluding hydrogens is 308 g/mol. The van der Waals surface area contributed by atoms with Gasteiger partial charge in [-0.3, -0.25) is 14.4 Å². The SMILES string of the molecule is CCCCCC(=O)CC[C@H]1[C@H](O)CC(=O)[C@@H]1CCCCC(=O)OC. The van der Waals surface area contributed by atoms with Gasteiger partial charge in [-0.1, -0.05) is 26.2 Å². The molecule has 0 saturated heterocycles. The van der Waals surface area contributed by atoms with Gasteiger partial charge in [-0.05, 0) is 31.6 Å². The molecule has 1 rings (SSSR count). The van der Waals surface area contributed by atoms with Gasteiger partial charge >= 0.3 is 5.97 Å². The number of aliphatic hydroxyl groups excluding tert-OH is 1. The largest absolute Gasteiger partial charge is 0.469 e. The number of hydrogen-bond donors (Lipinski definition) is 1. The summed E-state index contributed by atoms with van der Waals surface area (Å²) in [4.78, 5) is 35.1. The summed E-state index contributed by atoms with van der Waals surface area (Å²) >= 11 is 0. The van der Waals surface area contributed by atoms with E-state index in [1.54, 1.807) is 0 Å². The summed E-state index contributed by atoms with van der Waals surface area (Å²) in [7, 11) is 1.37. The van der Waals surface area contributed by atoms with Gasteiger partial charge in [0.15, 0.2) is 0 Å². The van der Waals surface area contributed by atoms with Gasteiger partial charge in [0, 0.05) is 31.6 Å². The number of aliphatic hydroxyl groups is 1. The van der Waals surface area contributed by atoms with Crippen molar-refractivity contribution in [3.63, 3.8) is 0 Å². The van der Waals surface area contributed by atoms with Crippen LogP contribution in [0.4, 0.5) is 0 Å². The number of carbonyl (C=O) groups is 3. The zero-order valence-electron chi connectivity index (χ0n) is 15.1. The lowest BCUT2D eigenvalue weighted by Crippen LogP contribution is -2.22. The number of ether oxygens (including phenoxy) is 1. The average molecular weight is 340 g/mol. The van der Waals surface area contributed by atoms with E-state index in [-0.39, 0.29) is 35.8 Å². The van der Waals surface area contributed by atoms with Crippen LogP contribution in [0, 0.1) is 11.8 Å². The smallest absolute Gasteiger partial charge is 0.305 e. The Hall–Kier alpha value is -1.23. The first-order chi connectivity index (χ1) is 11.5. The predicted octanol–water partition coefficient (Wildman–Crippen LogP) is 3.22. The third kappa shape index (κ3) is 7.12. The Labute approximate surface area is 145 Å². The molecule has 1 aliphatic carbocycles. The molecule has 0 unspecified atom stereocenters. The third-order valence-corrected chi connectivity index (χ3v) is 5.02. The molecule has 24 heavy (non-hydrogen) atoms. The molecule has 1 fully saturated rings. The van der Waals surface area contributed by atoms with E-state index in [2.05, 4.69) is 11.7 Å². The lowest BCUT2D eigenvalue weighted by molar-refractivity contribution is -0.140. The molecule has 0 aromatic rings. The Bertz CT molecular complexity index is 418. The van der Waals surface area contributed by atoms with E-state index in [4.69, 9.17) is 0 Å². The zero-order chi connectivity index (χ0) is 17.9. The Morgan fingerprint density at radius 2 is 1.79 bits per heavy atom. The van der Waals surface area contributed by atoms with Gasteiger partial charge in [0.1, 0.15) is 11.6 Å². The Morgan fingerprint density at radius 1 is 1.08 bits per heavy atom. The molecule has 0 bridgehead atoms. The molecule has 3 atom stereocenters. The molecule has 0 aromatic carbocycles. The van der Waals surface area contributed by atoms with Crippen LogP contribution in [-0.2, 0) is 19.1 Å². The molecule has 1 aliphatic rings. The summed E-state index contributed by atoms with van der Waals surface area (Å²) in [5.74, 6) is -0.169. The summed E-state index contributed by atoms with van der Waals surface area (Å²) in [6.45, 7) is 2.11. The number of methoxy groups -OCH3 is 1. The fourth-order valence-corrected chi connectivity index (χ4v) is 3.54. The maximum absolute atomic E-state index is 12.1. The molecule has 0 radical (unpaired) electrons. The summed E-state index contributed by atoms with van der Waals surface area (Å²) in [6.07, 6.45) is 6.83. The van der Waals surface area contributed by atoms with Crippen LogP contribution in [0.1, 0.15) is 77.6 Å². The van der Waals surface area contributed by atoms with Crippen LogP contribution >= 0.6 is 0 Å². The molecule has 5 nitrogen and oxygen atoms in total. The number of Topliss-reactive ketones (excluding diaryl/α,β-unsaturated/α-hetero) is 2. The van der Waals surface area contributed by atoms with Crippen molar-refractivity contribution in [1.82, 2.24) is 0 Å². The molecule has 0 heterocycles. The minimum Gasteiger partial charge on any atom is -0.469 e. The van der Waals surface area contributed by atoms with Crippen LogP contribution in [0.3, 0.4) is 0 Å². The predicted molar refractivity (Wildman–Crippen MR) is 91.5 cm³/mol. The van der Waals surface area contributed by atoms with E-state index in [1.807, 2.05) is 0 Å². The monoisotopic (exact) mass is 340 g/mol. The van der Waals surface area contributed by atoms with Crippen LogP contribution in [0.5, 0.6) is 0 Å². The summed E-state index contributed by atoms with van der Waals surface area (Å²) in [5.41, 5.74) is 0. The topological polar surface area (TPSA) is 80.7 Å². The highest BCUT2D eigenvalue weighted by molar-refractivity contribution is 5.84. The number of unbranched alkanes of at least 4 members (excludes halogenated alkanes) is 3. The second-order valence-electron chi connectivity index (χ2n) is 6.86. The zero-order valence-corrected chi connectivity index (χ0v) is 15.1. The Kier molecular flexibility index (Phi) is 9.84. The number of esters is 1. The summed E-state index contributed by atoms with van der Waals surface area (Å²) < 4.78 is 4.60. The highest BCUT2D eigenvalue weighted by Crippen LogP contribution is 2.36. The van der Waals surface area contributed by atoms with Crippen LogP contribution in [0.15, 0.2) is 0 Å². The van der Waals surface area contributed by atoms with E-state index in [9.17, 15) is 19.5 Å². The van der Waals surface area contributed by atoms with E-state index in [1.165, 1.54) is 7.11 Å².